The van der Waals surface area contributed by atoms with Crippen LogP contribution in [-0.4, -0.2) is 4.98 Å². The molecule has 108 valence electrons. The van der Waals surface area contributed by atoms with Gasteiger partial charge in [0.05, 0.1) is 15.2 Å². The second-order valence-corrected chi connectivity index (χ2v) is 6.70. The number of benzene rings is 2. The Balaban J connectivity index is 1.91. The second-order valence-electron chi connectivity index (χ2n) is 4.67. The van der Waals surface area contributed by atoms with Crippen molar-refractivity contribution >= 4 is 37.5 Å². The first-order valence-electron chi connectivity index (χ1n) is 6.29. The maximum Gasteiger partial charge on any atom is 0.132 e. The van der Waals surface area contributed by atoms with Gasteiger partial charge in [-0.2, -0.15) is 0 Å². The number of fused-ring (bicyclic) bond motifs is 1. The molecule has 0 amide bonds. The van der Waals surface area contributed by atoms with Crippen molar-refractivity contribution in [3.8, 4) is 0 Å². The Morgan fingerprint density at radius 3 is 2.52 bits per heavy atom. The summed E-state index contributed by atoms with van der Waals surface area (Å²) in [6.45, 7) is 0. The van der Waals surface area contributed by atoms with Crippen molar-refractivity contribution in [1.82, 2.24) is 4.98 Å². The SMILES string of the molecule is NC(Cc1nc2ccccc2s1)c1c(F)cc(Br)cc1F. The number of thiazole rings is 1. The normalized spacial score (nSPS) is 12.8. The molecule has 0 fully saturated rings. The van der Waals surface area contributed by atoms with Crippen molar-refractivity contribution < 1.29 is 8.78 Å². The third kappa shape index (κ3) is 2.97. The summed E-state index contributed by atoms with van der Waals surface area (Å²) in [5, 5.41) is 0.769. The highest BCUT2D eigenvalue weighted by Gasteiger charge is 2.19. The van der Waals surface area contributed by atoms with E-state index in [-0.39, 0.29) is 5.56 Å². The molecular weight excluding hydrogens is 358 g/mol. The quantitative estimate of drug-likeness (QED) is 0.734. The van der Waals surface area contributed by atoms with E-state index in [1.165, 1.54) is 23.5 Å². The van der Waals surface area contributed by atoms with E-state index >= 15 is 0 Å². The molecular formula is C15H11BrF2N2S. The number of para-hydroxylation sites is 1. The highest BCUT2D eigenvalue weighted by atomic mass is 79.9. The predicted octanol–water partition coefficient (Wildman–Crippen LogP) is 4.58. The van der Waals surface area contributed by atoms with Gasteiger partial charge in [-0.25, -0.2) is 13.8 Å². The van der Waals surface area contributed by atoms with Crippen LogP contribution >= 0.6 is 27.3 Å². The van der Waals surface area contributed by atoms with Crippen LogP contribution in [0.4, 0.5) is 8.78 Å². The fourth-order valence-corrected chi connectivity index (χ4v) is 3.63. The molecule has 0 bridgehead atoms. The average Bonchev–Trinajstić information content (AvgIpc) is 2.79. The van der Waals surface area contributed by atoms with Gasteiger partial charge in [-0.05, 0) is 24.3 Å². The molecule has 1 aromatic heterocycles. The van der Waals surface area contributed by atoms with E-state index in [9.17, 15) is 8.78 Å². The number of aromatic nitrogens is 1. The minimum absolute atomic E-state index is 0.0996. The summed E-state index contributed by atoms with van der Waals surface area (Å²) >= 11 is 4.55. The molecule has 3 aromatic rings. The Kier molecular flexibility index (Phi) is 4.01. The zero-order valence-electron chi connectivity index (χ0n) is 10.8. The van der Waals surface area contributed by atoms with Gasteiger partial charge in [-0.3, -0.25) is 0 Å². The molecule has 3 rings (SSSR count). The van der Waals surface area contributed by atoms with E-state index < -0.39 is 17.7 Å². The summed E-state index contributed by atoms with van der Waals surface area (Å²) in [6, 6.07) is 9.37. The van der Waals surface area contributed by atoms with E-state index in [0.29, 0.717) is 10.9 Å². The molecule has 0 saturated heterocycles. The molecule has 1 unspecified atom stereocenters. The maximum atomic E-state index is 13.9. The second kappa shape index (κ2) is 5.79. The molecule has 6 heteroatoms. The van der Waals surface area contributed by atoms with E-state index in [2.05, 4.69) is 20.9 Å². The highest BCUT2D eigenvalue weighted by molar-refractivity contribution is 9.10. The van der Waals surface area contributed by atoms with Crippen molar-refractivity contribution in [3.05, 3.63) is 63.1 Å². The van der Waals surface area contributed by atoms with E-state index in [0.717, 1.165) is 15.2 Å². The Labute approximate surface area is 132 Å². The minimum Gasteiger partial charge on any atom is -0.323 e. The van der Waals surface area contributed by atoms with Crippen molar-refractivity contribution in [3.63, 3.8) is 0 Å². The van der Waals surface area contributed by atoms with Crippen molar-refractivity contribution in [1.29, 1.82) is 0 Å². The first-order valence-corrected chi connectivity index (χ1v) is 7.90. The lowest BCUT2D eigenvalue weighted by Crippen LogP contribution is -2.17. The monoisotopic (exact) mass is 368 g/mol. The summed E-state index contributed by atoms with van der Waals surface area (Å²) in [6.07, 6.45) is 0.300. The van der Waals surface area contributed by atoms with Crippen molar-refractivity contribution in [2.45, 2.75) is 12.5 Å². The van der Waals surface area contributed by atoms with Crippen LogP contribution in [0.3, 0.4) is 0 Å². The van der Waals surface area contributed by atoms with E-state index in [4.69, 9.17) is 5.73 Å². The van der Waals surface area contributed by atoms with Crippen LogP contribution in [-0.2, 0) is 6.42 Å². The van der Waals surface area contributed by atoms with E-state index in [1.807, 2.05) is 24.3 Å². The fraction of sp³-hybridized carbons (Fsp3) is 0.133. The summed E-state index contributed by atoms with van der Waals surface area (Å²) in [7, 11) is 0. The zero-order chi connectivity index (χ0) is 15.0. The molecule has 2 N–H and O–H groups in total. The number of hydrogen-bond donors (Lipinski definition) is 1. The lowest BCUT2D eigenvalue weighted by Gasteiger charge is -2.12. The molecule has 2 nitrogen and oxygen atoms in total. The topological polar surface area (TPSA) is 38.9 Å². The largest absolute Gasteiger partial charge is 0.323 e. The number of nitrogens with two attached hydrogens (primary N) is 1. The molecule has 1 atom stereocenters. The van der Waals surface area contributed by atoms with Gasteiger partial charge in [-0.15, -0.1) is 11.3 Å². The molecule has 21 heavy (non-hydrogen) atoms. The smallest absolute Gasteiger partial charge is 0.132 e. The lowest BCUT2D eigenvalue weighted by molar-refractivity contribution is 0.523. The number of halogens is 3. The predicted molar refractivity (Wildman–Crippen MR) is 84.3 cm³/mol. The van der Waals surface area contributed by atoms with E-state index in [1.54, 1.807) is 0 Å². The van der Waals surface area contributed by atoms with Crippen LogP contribution in [0.5, 0.6) is 0 Å². The Hall–Kier alpha value is -1.37. The first kappa shape index (κ1) is 14.6. The Bertz CT molecular complexity index is 747. The maximum absolute atomic E-state index is 13.9. The molecule has 2 aromatic carbocycles. The van der Waals surface area contributed by atoms with Gasteiger partial charge in [0.15, 0.2) is 0 Å². The van der Waals surface area contributed by atoms with Gasteiger partial charge < -0.3 is 5.73 Å². The van der Waals surface area contributed by atoms with Crippen LogP contribution in [0.25, 0.3) is 10.2 Å². The highest BCUT2D eigenvalue weighted by Crippen LogP contribution is 2.28. The van der Waals surface area contributed by atoms with Gasteiger partial charge in [-0.1, -0.05) is 28.1 Å². The minimum atomic E-state index is -0.765. The molecule has 0 aliphatic heterocycles. The van der Waals surface area contributed by atoms with Crippen LogP contribution < -0.4 is 5.73 Å². The van der Waals surface area contributed by atoms with Gasteiger partial charge in [0, 0.05) is 22.5 Å². The Morgan fingerprint density at radius 2 is 1.86 bits per heavy atom. The summed E-state index contributed by atoms with van der Waals surface area (Å²) in [5.74, 6) is -1.29. The molecule has 1 heterocycles. The van der Waals surface area contributed by atoms with Gasteiger partial charge in [0.2, 0.25) is 0 Å². The van der Waals surface area contributed by atoms with Crippen molar-refractivity contribution in [2.24, 2.45) is 5.73 Å². The van der Waals surface area contributed by atoms with Crippen LogP contribution in [0.2, 0.25) is 0 Å². The fourth-order valence-electron chi connectivity index (χ4n) is 2.21. The zero-order valence-corrected chi connectivity index (χ0v) is 13.2. The van der Waals surface area contributed by atoms with Crippen LogP contribution in [0, 0.1) is 11.6 Å². The molecule has 0 aliphatic rings. The Morgan fingerprint density at radius 1 is 1.19 bits per heavy atom. The summed E-state index contributed by atoms with van der Waals surface area (Å²) in [4.78, 5) is 4.44. The molecule has 0 saturated carbocycles. The van der Waals surface area contributed by atoms with Gasteiger partial charge in [0.1, 0.15) is 11.6 Å². The van der Waals surface area contributed by atoms with Crippen LogP contribution in [0.1, 0.15) is 16.6 Å². The third-order valence-corrected chi connectivity index (χ3v) is 4.66. The van der Waals surface area contributed by atoms with Gasteiger partial charge >= 0.3 is 0 Å². The third-order valence-electron chi connectivity index (χ3n) is 3.15. The lowest BCUT2D eigenvalue weighted by atomic mass is 10.0. The van der Waals surface area contributed by atoms with Crippen LogP contribution in [0.15, 0.2) is 40.9 Å². The summed E-state index contributed by atoms with van der Waals surface area (Å²) in [5.41, 5.74) is 6.75. The number of hydrogen-bond acceptors (Lipinski definition) is 3. The summed E-state index contributed by atoms with van der Waals surface area (Å²) < 4.78 is 29.2. The molecule has 0 radical (unpaired) electrons. The molecule has 0 aliphatic carbocycles. The number of nitrogens with zero attached hydrogens (tertiary/aromatic N) is 1. The average molecular weight is 369 g/mol. The molecule has 0 spiro atoms. The van der Waals surface area contributed by atoms with Gasteiger partial charge in [0.25, 0.3) is 0 Å². The van der Waals surface area contributed by atoms with Crippen molar-refractivity contribution in [2.75, 3.05) is 0 Å². The number of rotatable bonds is 3. The standard InChI is InChI=1S/C15H11BrF2N2S/c16-8-5-9(17)15(10(18)6-8)11(19)7-14-20-12-3-1-2-4-13(12)21-14/h1-6,11H,7,19H2. The first-order chi connectivity index (χ1) is 10.0.